The number of allylic oxidation sites excluding steroid dienone is 1. The van der Waals surface area contributed by atoms with Gasteiger partial charge in [0.1, 0.15) is 16.7 Å². The van der Waals surface area contributed by atoms with E-state index in [1.165, 1.54) is 16.3 Å². The second kappa shape index (κ2) is 5.67. The maximum absolute atomic E-state index is 6.36. The maximum atomic E-state index is 6.36. The Morgan fingerprint density at radius 1 is 0.704 bits per heavy atom. The first-order chi connectivity index (χ1) is 13.3. The van der Waals surface area contributed by atoms with Crippen molar-refractivity contribution < 1.29 is 8.83 Å². The van der Waals surface area contributed by atoms with Gasteiger partial charge in [-0.1, -0.05) is 60.7 Å². The van der Waals surface area contributed by atoms with Crippen LogP contribution in [0.2, 0.25) is 0 Å². The van der Waals surface area contributed by atoms with E-state index >= 15 is 0 Å². The Morgan fingerprint density at radius 2 is 1.37 bits per heavy atom. The van der Waals surface area contributed by atoms with Gasteiger partial charge in [-0.3, -0.25) is 0 Å². The van der Waals surface area contributed by atoms with Crippen molar-refractivity contribution in [2.45, 2.75) is 6.92 Å². The van der Waals surface area contributed by atoms with Gasteiger partial charge in [-0.15, -0.1) is 0 Å². The van der Waals surface area contributed by atoms with Crippen LogP contribution in [0.1, 0.15) is 11.1 Å². The van der Waals surface area contributed by atoms with Crippen LogP contribution in [0.15, 0.2) is 69.5 Å². The summed E-state index contributed by atoms with van der Waals surface area (Å²) < 4.78 is 16.1. The minimum Gasteiger partial charge on any atom is -0.455 e. The quantitative estimate of drug-likeness (QED) is 0.245. The number of benzene rings is 3. The van der Waals surface area contributed by atoms with Gasteiger partial charge in [0.15, 0.2) is 3.77 Å². The van der Waals surface area contributed by atoms with Crippen molar-refractivity contribution in [1.82, 2.24) is 0 Å². The minimum absolute atomic E-state index is 0.194. The second-order valence-corrected chi connectivity index (χ2v) is 9.12. The first-order valence-electron chi connectivity index (χ1n) is 8.91. The number of para-hydroxylation sites is 3. The van der Waals surface area contributed by atoms with Crippen molar-refractivity contribution in [2.24, 2.45) is 0 Å². The van der Waals surface area contributed by atoms with Gasteiger partial charge >= 0.3 is 0 Å². The highest BCUT2D eigenvalue weighted by Gasteiger charge is 2.19. The second-order valence-electron chi connectivity index (χ2n) is 6.80. The number of rotatable bonds is 1. The Bertz CT molecular complexity index is 1430. The molecular formula is C24H15IO2. The molecule has 3 heterocycles. The molecule has 2 aromatic heterocycles. The van der Waals surface area contributed by atoms with Crippen LogP contribution in [0, 0.1) is 10.7 Å². The van der Waals surface area contributed by atoms with E-state index in [-0.39, 0.29) is 20.7 Å². The first-order valence-corrected chi connectivity index (χ1v) is 11.2. The Morgan fingerprint density at radius 3 is 2.19 bits per heavy atom. The van der Waals surface area contributed by atoms with E-state index in [0.717, 1.165) is 42.6 Å². The molecule has 0 atom stereocenters. The molecule has 27 heavy (non-hydrogen) atoms. The molecule has 5 aromatic rings. The monoisotopic (exact) mass is 462 g/mol. The van der Waals surface area contributed by atoms with E-state index in [9.17, 15) is 0 Å². The zero-order valence-corrected chi connectivity index (χ0v) is 16.8. The molecule has 1 aliphatic heterocycles. The van der Waals surface area contributed by atoms with E-state index in [1.807, 2.05) is 0 Å². The molecule has 0 radical (unpaired) electrons. The predicted molar refractivity (Wildman–Crippen MR) is 121 cm³/mol. The van der Waals surface area contributed by atoms with Crippen molar-refractivity contribution >= 4 is 63.7 Å². The number of furan rings is 2. The smallest absolute Gasteiger partial charge is 0.166 e. The zero-order valence-electron chi connectivity index (χ0n) is 14.6. The van der Waals surface area contributed by atoms with Gasteiger partial charge in [-0.2, -0.15) is 0 Å². The van der Waals surface area contributed by atoms with Gasteiger partial charge in [0.05, 0.1) is 0 Å². The van der Waals surface area contributed by atoms with Crippen LogP contribution in [0.4, 0.5) is 0 Å². The summed E-state index contributed by atoms with van der Waals surface area (Å²) in [7, 11) is 0. The van der Waals surface area contributed by atoms with E-state index in [1.54, 1.807) is 0 Å². The summed E-state index contributed by atoms with van der Waals surface area (Å²) in [6.45, 7) is 2.10. The van der Waals surface area contributed by atoms with Crippen molar-refractivity contribution in [3.05, 3.63) is 75.6 Å². The van der Waals surface area contributed by atoms with Crippen LogP contribution in [0.25, 0.3) is 50.1 Å². The molecule has 0 N–H and O–H groups in total. The van der Waals surface area contributed by atoms with Crippen LogP contribution in [-0.2, 0) is 0 Å². The topological polar surface area (TPSA) is 26.3 Å². The lowest BCUT2D eigenvalue weighted by Crippen LogP contribution is -1.81. The van der Waals surface area contributed by atoms with Crippen molar-refractivity contribution in [3.8, 4) is 11.1 Å². The lowest BCUT2D eigenvalue weighted by Gasteiger charge is -2.04. The van der Waals surface area contributed by atoms with Crippen molar-refractivity contribution in [1.29, 1.82) is 0 Å². The highest BCUT2D eigenvalue weighted by Crippen LogP contribution is 2.42. The number of fused-ring (bicyclic) bond motifs is 6. The summed E-state index contributed by atoms with van der Waals surface area (Å²) in [6, 6.07) is 19.1. The Labute approximate surface area is 165 Å². The average Bonchev–Trinajstić information content (AvgIpc) is 3.27. The molecule has 2 nitrogen and oxygen atoms in total. The molecule has 0 fully saturated rings. The number of aryl methyl sites for hydroxylation is 1. The molecule has 0 saturated carbocycles. The third kappa shape index (κ3) is 2.15. The molecule has 3 aromatic carbocycles. The lowest BCUT2D eigenvalue weighted by atomic mass is 9.99. The third-order valence-electron chi connectivity index (χ3n) is 5.22. The highest BCUT2D eigenvalue weighted by molar-refractivity contribution is 14.2. The van der Waals surface area contributed by atoms with Gasteiger partial charge in [-0.05, 0) is 43.3 Å². The molecular weight excluding hydrogens is 447 g/mol. The van der Waals surface area contributed by atoms with Crippen molar-refractivity contribution in [2.75, 3.05) is 0 Å². The molecule has 0 unspecified atom stereocenters. The molecule has 1 aliphatic rings. The standard InChI is InChI=1S/C24H15IO2/c1-14-6-2-7-15-16-8-3-9-17(22(16)26-21(14)15)18-10-4-11-19-20-12-5-13-25-24(20)27-23(18)19/h2-13H,1H3. The Kier molecular flexibility index (Phi) is 3.23. The van der Waals surface area contributed by atoms with Gasteiger partial charge in [0, 0.05) is 32.8 Å². The molecule has 0 spiro atoms. The van der Waals surface area contributed by atoms with Gasteiger partial charge in [0.2, 0.25) is 0 Å². The maximum Gasteiger partial charge on any atom is 0.166 e. The molecule has 130 valence electrons. The highest BCUT2D eigenvalue weighted by atomic mass is 127. The molecule has 3 heteroatoms. The van der Waals surface area contributed by atoms with E-state index in [4.69, 9.17) is 8.83 Å². The van der Waals surface area contributed by atoms with Crippen LogP contribution in [0.5, 0.6) is 0 Å². The number of hydrogen-bond acceptors (Lipinski definition) is 2. The summed E-state index contributed by atoms with van der Waals surface area (Å²) in [4.78, 5) is 0. The van der Waals surface area contributed by atoms with Crippen LogP contribution >= 0.6 is 20.7 Å². The fraction of sp³-hybridized carbons (Fsp3) is 0.0417. The normalized spacial score (nSPS) is 13.4. The van der Waals surface area contributed by atoms with Crippen LogP contribution < -0.4 is 0 Å². The van der Waals surface area contributed by atoms with E-state index < -0.39 is 0 Å². The number of halogens is 1. The van der Waals surface area contributed by atoms with Crippen LogP contribution in [-0.4, -0.2) is 4.01 Å². The molecule has 0 amide bonds. The summed E-state index contributed by atoms with van der Waals surface area (Å²) >= 11 is -0.194. The largest absolute Gasteiger partial charge is 0.455 e. The lowest BCUT2D eigenvalue weighted by molar-refractivity contribution is 0.583. The summed E-state index contributed by atoms with van der Waals surface area (Å²) in [5.41, 5.74) is 7.45. The summed E-state index contributed by atoms with van der Waals surface area (Å²) in [5.74, 6) is 0. The third-order valence-corrected chi connectivity index (χ3v) is 7.36. The summed E-state index contributed by atoms with van der Waals surface area (Å²) in [5, 5.41) is 3.51. The SMILES string of the molecule is Cc1cccc2c1oc1c(-c3cccc4c5c(oc34)I=CC=C5)cccc12. The fourth-order valence-corrected chi connectivity index (χ4v) is 5.85. The zero-order chi connectivity index (χ0) is 18.0. The van der Waals surface area contributed by atoms with Crippen LogP contribution in [0.3, 0.4) is 0 Å². The number of hydrogen-bond donors (Lipinski definition) is 0. The molecule has 0 bridgehead atoms. The van der Waals surface area contributed by atoms with Gasteiger partial charge in [-0.25, -0.2) is 0 Å². The first kappa shape index (κ1) is 15.4. The minimum atomic E-state index is -0.194. The Hall–Kier alpha value is -2.66. The predicted octanol–water partition coefficient (Wildman–Crippen LogP) is 7.28. The van der Waals surface area contributed by atoms with Gasteiger partial charge < -0.3 is 8.83 Å². The molecule has 0 saturated heterocycles. The van der Waals surface area contributed by atoms with E-state index in [2.05, 4.69) is 77.7 Å². The average molecular weight is 462 g/mol. The Balaban J connectivity index is 1.73. The molecule has 6 rings (SSSR count). The van der Waals surface area contributed by atoms with Crippen molar-refractivity contribution in [3.63, 3.8) is 0 Å². The van der Waals surface area contributed by atoms with Gasteiger partial charge in [0.25, 0.3) is 0 Å². The fourth-order valence-electron chi connectivity index (χ4n) is 3.96. The molecule has 0 aliphatic carbocycles. The summed E-state index contributed by atoms with van der Waals surface area (Å²) in [6.07, 6.45) is 4.32. The van der Waals surface area contributed by atoms with E-state index in [0.29, 0.717) is 0 Å².